The highest BCUT2D eigenvalue weighted by Crippen LogP contribution is 2.15. The van der Waals surface area contributed by atoms with Crippen molar-refractivity contribution >= 4 is 0 Å². The Hall–Kier alpha value is -1.11. The molecule has 1 aliphatic rings. The molecule has 1 nitrogen and oxygen atoms in total. The lowest BCUT2D eigenvalue weighted by molar-refractivity contribution is 0.702. The third-order valence-corrected chi connectivity index (χ3v) is 2.87. The molecule has 0 spiro atoms. The first-order valence-corrected chi connectivity index (χ1v) is 8.25. The molecule has 0 radical (unpaired) electrons. The summed E-state index contributed by atoms with van der Waals surface area (Å²) in [6.07, 6.45) is 11.6. The Balaban J connectivity index is 0. The van der Waals surface area contributed by atoms with E-state index in [-0.39, 0.29) is 0 Å². The fourth-order valence-corrected chi connectivity index (χ4v) is 1.72. The van der Waals surface area contributed by atoms with Crippen molar-refractivity contribution in [3.8, 4) is 0 Å². The number of allylic oxidation sites excluding steroid dienone is 2. The van der Waals surface area contributed by atoms with Crippen LogP contribution in [0.25, 0.3) is 0 Å². The van der Waals surface area contributed by atoms with E-state index >= 15 is 0 Å². The lowest BCUT2D eigenvalue weighted by atomic mass is 10.0. The summed E-state index contributed by atoms with van der Waals surface area (Å²) in [7, 11) is 0. The zero-order valence-electron chi connectivity index (χ0n) is 14.7. The molecule has 2 rings (SSSR count). The second-order valence-corrected chi connectivity index (χ2v) is 4.74. The molecule has 0 aliphatic heterocycles. The van der Waals surface area contributed by atoms with Gasteiger partial charge >= 0.3 is 0 Å². The number of hydrogen-bond acceptors (Lipinski definition) is 1. The van der Waals surface area contributed by atoms with Crippen molar-refractivity contribution in [3.05, 3.63) is 41.7 Å². The van der Waals surface area contributed by atoms with E-state index < -0.39 is 0 Å². The Kier molecular flexibility index (Phi) is 16.9. The molecule has 0 aromatic carbocycles. The largest absolute Gasteiger partial charge is 0.264 e. The molecule has 0 fully saturated rings. The summed E-state index contributed by atoms with van der Waals surface area (Å²) in [5, 5.41) is 0. The van der Waals surface area contributed by atoms with Gasteiger partial charge in [-0.2, -0.15) is 0 Å². The average Bonchev–Trinajstić information content (AvgIpc) is 2.53. The lowest BCUT2D eigenvalue weighted by Gasteiger charge is -2.05. The van der Waals surface area contributed by atoms with Crippen LogP contribution in [0, 0.1) is 0 Å². The molecule has 1 aromatic rings. The summed E-state index contributed by atoms with van der Waals surface area (Å²) in [4.78, 5) is 4.01. The van der Waals surface area contributed by atoms with Crippen LogP contribution < -0.4 is 0 Å². The van der Waals surface area contributed by atoms with E-state index in [1.807, 2.05) is 40.0 Å². The number of nitrogens with zero attached hydrogens (tertiary/aromatic N) is 1. The Morgan fingerprint density at radius 2 is 1.70 bits per heavy atom. The summed E-state index contributed by atoms with van der Waals surface area (Å²) in [6, 6.07) is 4.06. The molecule has 0 atom stereocenters. The highest BCUT2D eigenvalue weighted by Gasteiger charge is 1.95. The van der Waals surface area contributed by atoms with Crippen LogP contribution in [0.1, 0.15) is 85.6 Å². The summed E-state index contributed by atoms with van der Waals surface area (Å²) in [6.45, 7) is 14.5. The van der Waals surface area contributed by atoms with Gasteiger partial charge in [0.15, 0.2) is 0 Å². The standard InChI is InChI=1S/C8H11N.C7H12.2C2H6/c1-7(2)8-4-3-5-9-6-8;1-7-5-3-2-4-6-7;2*1-2/h3-7H,1-2H3;5H,2-4,6H2,1H3;2*1-2H3. The van der Waals surface area contributed by atoms with Gasteiger partial charge in [0.25, 0.3) is 0 Å². The molecule has 1 aliphatic carbocycles. The molecule has 1 heterocycles. The van der Waals surface area contributed by atoms with E-state index in [0.29, 0.717) is 5.92 Å². The highest BCUT2D eigenvalue weighted by atomic mass is 14.6. The molecular weight excluding hydrogens is 242 g/mol. The van der Waals surface area contributed by atoms with Crippen LogP contribution in [0.15, 0.2) is 36.2 Å². The number of pyridine rings is 1. The van der Waals surface area contributed by atoms with E-state index in [9.17, 15) is 0 Å². The summed E-state index contributed by atoms with van der Waals surface area (Å²) < 4.78 is 0. The van der Waals surface area contributed by atoms with Gasteiger partial charge in [0.1, 0.15) is 0 Å². The molecular formula is C19H35N. The monoisotopic (exact) mass is 277 g/mol. The van der Waals surface area contributed by atoms with Crippen molar-refractivity contribution in [2.75, 3.05) is 0 Å². The molecule has 20 heavy (non-hydrogen) atoms. The van der Waals surface area contributed by atoms with E-state index in [0.717, 1.165) is 0 Å². The normalized spacial score (nSPS) is 12.7. The van der Waals surface area contributed by atoms with Crippen molar-refractivity contribution < 1.29 is 0 Å². The third-order valence-electron chi connectivity index (χ3n) is 2.87. The van der Waals surface area contributed by atoms with Gasteiger partial charge in [-0.15, -0.1) is 0 Å². The quantitative estimate of drug-likeness (QED) is 0.516. The topological polar surface area (TPSA) is 12.9 Å². The van der Waals surface area contributed by atoms with Crippen LogP contribution in [-0.4, -0.2) is 4.98 Å². The van der Waals surface area contributed by atoms with Crippen LogP contribution in [0.4, 0.5) is 0 Å². The van der Waals surface area contributed by atoms with Crippen LogP contribution in [0.5, 0.6) is 0 Å². The van der Waals surface area contributed by atoms with Crippen LogP contribution in [0.2, 0.25) is 0 Å². The van der Waals surface area contributed by atoms with Crippen molar-refractivity contribution in [2.24, 2.45) is 0 Å². The highest BCUT2D eigenvalue weighted by molar-refractivity contribution is 5.12. The zero-order chi connectivity index (χ0) is 15.8. The first-order chi connectivity index (χ1) is 9.70. The molecule has 0 unspecified atom stereocenters. The fraction of sp³-hybridized carbons (Fsp3) is 0.632. The van der Waals surface area contributed by atoms with Crippen LogP contribution in [-0.2, 0) is 0 Å². The third kappa shape index (κ3) is 12.0. The predicted octanol–water partition coefficient (Wildman–Crippen LogP) is 6.76. The van der Waals surface area contributed by atoms with Gasteiger partial charge in [-0.25, -0.2) is 0 Å². The Morgan fingerprint density at radius 1 is 1.05 bits per heavy atom. The predicted molar refractivity (Wildman–Crippen MR) is 93.2 cm³/mol. The Labute approximate surface area is 127 Å². The maximum atomic E-state index is 4.01. The molecule has 0 saturated carbocycles. The summed E-state index contributed by atoms with van der Waals surface area (Å²) in [5.41, 5.74) is 2.89. The molecule has 0 N–H and O–H groups in total. The molecule has 0 amide bonds. The lowest BCUT2D eigenvalue weighted by Crippen LogP contribution is -1.85. The summed E-state index contributed by atoms with van der Waals surface area (Å²) >= 11 is 0. The molecule has 1 aromatic heterocycles. The molecule has 0 bridgehead atoms. The fourth-order valence-electron chi connectivity index (χ4n) is 1.72. The van der Waals surface area contributed by atoms with Crippen molar-refractivity contribution in [1.29, 1.82) is 0 Å². The minimum atomic E-state index is 0.596. The average molecular weight is 277 g/mol. The van der Waals surface area contributed by atoms with Crippen LogP contribution in [0.3, 0.4) is 0 Å². The van der Waals surface area contributed by atoms with Gasteiger partial charge in [-0.05, 0) is 50.2 Å². The first kappa shape index (κ1) is 21.2. The Bertz CT molecular complexity index is 312. The summed E-state index contributed by atoms with van der Waals surface area (Å²) in [5.74, 6) is 0.596. The SMILES string of the molecule is CC.CC.CC(C)c1cccnc1.CC1=CCCCC1. The zero-order valence-corrected chi connectivity index (χ0v) is 14.7. The molecule has 116 valence electrons. The second kappa shape index (κ2) is 15.9. The number of rotatable bonds is 1. The van der Waals surface area contributed by atoms with Gasteiger partial charge in [0, 0.05) is 12.4 Å². The second-order valence-electron chi connectivity index (χ2n) is 4.74. The van der Waals surface area contributed by atoms with Gasteiger partial charge in [0.2, 0.25) is 0 Å². The minimum absolute atomic E-state index is 0.596. The molecule has 1 heteroatoms. The maximum Gasteiger partial charge on any atom is 0.0302 e. The smallest absolute Gasteiger partial charge is 0.0302 e. The van der Waals surface area contributed by atoms with E-state index in [2.05, 4.69) is 37.9 Å². The number of aromatic nitrogens is 1. The van der Waals surface area contributed by atoms with Gasteiger partial charge < -0.3 is 0 Å². The van der Waals surface area contributed by atoms with Gasteiger partial charge in [-0.1, -0.05) is 59.3 Å². The Morgan fingerprint density at radius 3 is 1.95 bits per heavy atom. The van der Waals surface area contributed by atoms with E-state index in [4.69, 9.17) is 0 Å². The number of hydrogen-bond donors (Lipinski definition) is 0. The minimum Gasteiger partial charge on any atom is -0.264 e. The maximum absolute atomic E-state index is 4.01. The van der Waals surface area contributed by atoms with Crippen molar-refractivity contribution in [1.82, 2.24) is 4.98 Å². The van der Waals surface area contributed by atoms with Crippen LogP contribution >= 0.6 is 0 Å². The van der Waals surface area contributed by atoms with Crippen molar-refractivity contribution in [3.63, 3.8) is 0 Å². The van der Waals surface area contributed by atoms with Crippen molar-refractivity contribution in [2.45, 2.75) is 80.1 Å². The van der Waals surface area contributed by atoms with E-state index in [1.165, 1.54) is 31.2 Å². The van der Waals surface area contributed by atoms with E-state index in [1.54, 1.807) is 11.8 Å². The van der Waals surface area contributed by atoms with Gasteiger partial charge in [0.05, 0.1) is 0 Å². The van der Waals surface area contributed by atoms with Gasteiger partial charge in [-0.3, -0.25) is 4.98 Å². The first-order valence-electron chi connectivity index (χ1n) is 8.25. The molecule has 0 saturated heterocycles.